The zero-order valence-corrected chi connectivity index (χ0v) is 13.1. The van der Waals surface area contributed by atoms with Gasteiger partial charge in [-0.1, -0.05) is 23.7 Å². The molecule has 0 bridgehead atoms. The summed E-state index contributed by atoms with van der Waals surface area (Å²) in [7, 11) is 1.67. The number of halogens is 1. The monoisotopic (exact) mass is 301 g/mol. The first-order valence-electron chi connectivity index (χ1n) is 6.69. The van der Waals surface area contributed by atoms with Gasteiger partial charge < -0.3 is 19.9 Å². The van der Waals surface area contributed by atoms with Crippen molar-refractivity contribution in [3.8, 4) is 0 Å². The minimum atomic E-state index is -0.532. The van der Waals surface area contributed by atoms with E-state index in [1.165, 1.54) is 0 Å². The number of ether oxygens (including phenoxy) is 2. The van der Waals surface area contributed by atoms with Crippen molar-refractivity contribution in [3.63, 3.8) is 0 Å². The average molecular weight is 302 g/mol. The van der Waals surface area contributed by atoms with Gasteiger partial charge in [0.1, 0.15) is 0 Å². The smallest absolute Gasteiger partial charge is 0.0897 e. The lowest BCUT2D eigenvalue weighted by Crippen LogP contribution is -2.40. The Labute approximate surface area is 126 Å². The van der Waals surface area contributed by atoms with Gasteiger partial charge >= 0.3 is 0 Å². The second-order valence-corrected chi connectivity index (χ2v) is 5.83. The van der Waals surface area contributed by atoms with Crippen LogP contribution in [0.1, 0.15) is 19.4 Å². The molecule has 0 heterocycles. The number of hydrogen-bond donors (Lipinski definition) is 2. The molecule has 0 spiro atoms. The molecule has 0 aliphatic rings. The Morgan fingerprint density at radius 2 is 1.95 bits per heavy atom. The van der Waals surface area contributed by atoms with E-state index in [1.54, 1.807) is 7.11 Å². The molecule has 0 radical (unpaired) electrons. The first-order chi connectivity index (χ1) is 9.43. The Bertz CT molecular complexity index is 381. The first-order valence-corrected chi connectivity index (χ1v) is 7.07. The second kappa shape index (κ2) is 8.60. The number of hydrogen-bond acceptors (Lipinski definition) is 4. The van der Waals surface area contributed by atoms with Gasteiger partial charge in [0.15, 0.2) is 0 Å². The molecule has 0 amide bonds. The maximum Gasteiger partial charge on any atom is 0.0897 e. The standard InChI is InChI=1S/C15H24ClNO3/c1-15(2,19-3)11-17-8-14(18)10-20-9-12-4-6-13(16)7-5-12/h4-7,14,17-18H,8-11H2,1-3H3. The van der Waals surface area contributed by atoms with Crippen molar-refractivity contribution in [2.75, 3.05) is 26.8 Å². The van der Waals surface area contributed by atoms with Gasteiger partial charge in [0.05, 0.1) is 24.9 Å². The lowest BCUT2D eigenvalue weighted by atomic mass is 10.1. The molecule has 1 rings (SSSR count). The van der Waals surface area contributed by atoms with Gasteiger partial charge in [0.25, 0.3) is 0 Å². The number of methoxy groups -OCH3 is 1. The van der Waals surface area contributed by atoms with Crippen molar-refractivity contribution in [1.82, 2.24) is 5.32 Å². The molecule has 0 saturated carbocycles. The summed E-state index contributed by atoms with van der Waals surface area (Å²) in [6.45, 7) is 5.90. The predicted octanol–water partition coefficient (Wildman–Crippen LogP) is 2.23. The summed E-state index contributed by atoms with van der Waals surface area (Å²) in [6.07, 6.45) is -0.532. The fraction of sp³-hybridized carbons (Fsp3) is 0.600. The van der Waals surface area contributed by atoms with Crippen LogP contribution < -0.4 is 5.32 Å². The van der Waals surface area contributed by atoms with Gasteiger partial charge in [-0.2, -0.15) is 0 Å². The largest absolute Gasteiger partial charge is 0.389 e. The van der Waals surface area contributed by atoms with Crippen molar-refractivity contribution in [3.05, 3.63) is 34.9 Å². The molecule has 0 aliphatic heterocycles. The van der Waals surface area contributed by atoms with Crippen LogP contribution in [0.4, 0.5) is 0 Å². The summed E-state index contributed by atoms with van der Waals surface area (Å²) >= 11 is 5.80. The van der Waals surface area contributed by atoms with Gasteiger partial charge in [-0.05, 0) is 31.5 Å². The Morgan fingerprint density at radius 3 is 2.55 bits per heavy atom. The molecule has 0 fully saturated rings. The molecule has 114 valence electrons. The molecular formula is C15H24ClNO3. The molecule has 20 heavy (non-hydrogen) atoms. The zero-order valence-electron chi connectivity index (χ0n) is 12.4. The van der Waals surface area contributed by atoms with E-state index in [1.807, 2.05) is 38.1 Å². The Balaban J connectivity index is 2.14. The predicted molar refractivity (Wildman–Crippen MR) is 81.1 cm³/mol. The van der Waals surface area contributed by atoms with Crippen molar-refractivity contribution in [2.45, 2.75) is 32.2 Å². The highest BCUT2D eigenvalue weighted by molar-refractivity contribution is 6.30. The summed E-state index contributed by atoms with van der Waals surface area (Å²) < 4.78 is 10.7. The highest BCUT2D eigenvalue weighted by Crippen LogP contribution is 2.10. The molecule has 1 aromatic carbocycles. The summed E-state index contributed by atoms with van der Waals surface area (Å²) in [5, 5.41) is 13.7. The van der Waals surface area contributed by atoms with Crippen LogP contribution in [0, 0.1) is 0 Å². The number of aliphatic hydroxyl groups is 1. The molecule has 2 N–H and O–H groups in total. The van der Waals surface area contributed by atoms with E-state index in [0.717, 1.165) is 5.56 Å². The normalized spacial score (nSPS) is 13.4. The molecular weight excluding hydrogens is 278 g/mol. The number of nitrogens with one attached hydrogen (secondary N) is 1. The molecule has 0 aliphatic carbocycles. The summed E-state index contributed by atoms with van der Waals surface area (Å²) in [4.78, 5) is 0. The van der Waals surface area contributed by atoms with E-state index in [0.29, 0.717) is 31.3 Å². The highest BCUT2D eigenvalue weighted by Gasteiger charge is 2.16. The Hall–Kier alpha value is -0.650. The third kappa shape index (κ3) is 7.22. The lowest BCUT2D eigenvalue weighted by molar-refractivity contribution is 0.00930. The molecule has 4 nitrogen and oxygen atoms in total. The topological polar surface area (TPSA) is 50.7 Å². The lowest BCUT2D eigenvalue weighted by Gasteiger charge is -2.24. The molecule has 1 atom stereocenters. The molecule has 1 unspecified atom stereocenters. The van der Waals surface area contributed by atoms with Crippen molar-refractivity contribution in [2.24, 2.45) is 0 Å². The third-order valence-corrected chi connectivity index (χ3v) is 3.23. The molecule has 0 aromatic heterocycles. The van der Waals surface area contributed by atoms with E-state index >= 15 is 0 Å². The fourth-order valence-corrected chi connectivity index (χ4v) is 1.69. The van der Waals surface area contributed by atoms with Gasteiger partial charge in [0.2, 0.25) is 0 Å². The first kappa shape index (κ1) is 17.4. The molecule has 1 aromatic rings. The number of aliphatic hydroxyl groups excluding tert-OH is 1. The SMILES string of the molecule is COC(C)(C)CNCC(O)COCc1ccc(Cl)cc1. The van der Waals surface area contributed by atoms with Crippen LogP contribution in [-0.2, 0) is 16.1 Å². The van der Waals surface area contributed by atoms with Crippen LogP contribution >= 0.6 is 11.6 Å². The highest BCUT2D eigenvalue weighted by atomic mass is 35.5. The van der Waals surface area contributed by atoms with Crippen LogP contribution in [0.5, 0.6) is 0 Å². The fourth-order valence-electron chi connectivity index (χ4n) is 1.56. The minimum absolute atomic E-state index is 0.232. The molecule has 5 heteroatoms. The average Bonchev–Trinajstić information content (AvgIpc) is 2.41. The summed E-state index contributed by atoms with van der Waals surface area (Å²) in [5.41, 5.74) is 0.805. The van der Waals surface area contributed by atoms with Gasteiger partial charge in [-0.15, -0.1) is 0 Å². The van der Waals surface area contributed by atoms with Crippen molar-refractivity contribution in [1.29, 1.82) is 0 Å². The van der Waals surface area contributed by atoms with Crippen LogP contribution in [0.25, 0.3) is 0 Å². The van der Waals surface area contributed by atoms with Crippen molar-refractivity contribution < 1.29 is 14.6 Å². The van der Waals surface area contributed by atoms with Crippen LogP contribution in [-0.4, -0.2) is 43.6 Å². The quantitative estimate of drug-likeness (QED) is 0.734. The van der Waals surface area contributed by atoms with E-state index < -0.39 is 6.10 Å². The third-order valence-electron chi connectivity index (χ3n) is 2.98. The van der Waals surface area contributed by atoms with Crippen LogP contribution in [0.3, 0.4) is 0 Å². The number of rotatable bonds is 9. The Morgan fingerprint density at radius 1 is 1.30 bits per heavy atom. The van der Waals surface area contributed by atoms with E-state index in [2.05, 4.69) is 5.32 Å². The van der Waals surface area contributed by atoms with Gasteiger partial charge in [-0.3, -0.25) is 0 Å². The maximum absolute atomic E-state index is 9.79. The summed E-state index contributed by atoms with van der Waals surface area (Å²) in [5.74, 6) is 0. The number of benzene rings is 1. The van der Waals surface area contributed by atoms with Gasteiger partial charge in [0, 0.05) is 25.2 Å². The van der Waals surface area contributed by atoms with Crippen LogP contribution in [0.2, 0.25) is 5.02 Å². The second-order valence-electron chi connectivity index (χ2n) is 5.39. The van der Waals surface area contributed by atoms with E-state index in [-0.39, 0.29) is 5.60 Å². The van der Waals surface area contributed by atoms with Crippen molar-refractivity contribution >= 4 is 11.6 Å². The van der Waals surface area contributed by atoms with Gasteiger partial charge in [-0.25, -0.2) is 0 Å². The Kier molecular flexibility index (Phi) is 7.48. The zero-order chi connectivity index (χ0) is 15.0. The van der Waals surface area contributed by atoms with E-state index in [4.69, 9.17) is 21.1 Å². The maximum atomic E-state index is 9.79. The minimum Gasteiger partial charge on any atom is -0.389 e. The molecule has 0 saturated heterocycles. The van der Waals surface area contributed by atoms with E-state index in [9.17, 15) is 5.11 Å². The summed E-state index contributed by atoms with van der Waals surface area (Å²) in [6, 6.07) is 7.47. The van der Waals surface area contributed by atoms with Crippen LogP contribution in [0.15, 0.2) is 24.3 Å².